The molecule has 6 nitrogen and oxygen atoms in total. The highest BCUT2D eigenvalue weighted by Crippen LogP contribution is 2.40. The quantitative estimate of drug-likeness (QED) is 0.442. The highest BCUT2D eigenvalue weighted by atomic mass is 19.1. The van der Waals surface area contributed by atoms with Gasteiger partial charge in [0, 0.05) is 36.6 Å². The van der Waals surface area contributed by atoms with Gasteiger partial charge in [-0.3, -0.25) is 14.6 Å². The average Bonchev–Trinajstić information content (AvgIpc) is 2.99. The average molecular weight is 397 g/mol. The van der Waals surface area contributed by atoms with Gasteiger partial charge in [0.2, 0.25) is 0 Å². The maximum atomic E-state index is 14.7. The maximum Gasteiger partial charge on any atom is 0.295 e. The van der Waals surface area contributed by atoms with Crippen LogP contribution in [0, 0.1) is 5.82 Å². The summed E-state index contributed by atoms with van der Waals surface area (Å²) in [6.45, 7) is 6.40. The maximum absolute atomic E-state index is 14.7. The first-order valence-electron chi connectivity index (χ1n) is 9.65. The number of amides is 1. The Morgan fingerprint density at radius 1 is 1.14 bits per heavy atom. The number of aromatic nitrogens is 1. The molecule has 1 aromatic heterocycles. The van der Waals surface area contributed by atoms with Crippen LogP contribution in [-0.2, 0) is 9.59 Å². The summed E-state index contributed by atoms with van der Waals surface area (Å²) in [6.07, 6.45) is 2.95. The molecule has 3 rings (SSSR count). The SMILES string of the molecule is CCN(CC)CCN1C(=O)C(=O)/C(=C(/O)c2ccncc2)[C@H]1c1ccccc1F. The summed E-state index contributed by atoms with van der Waals surface area (Å²) in [5.74, 6) is -2.41. The summed E-state index contributed by atoms with van der Waals surface area (Å²) < 4.78 is 14.7. The van der Waals surface area contributed by atoms with E-state index >= 15 is 0 Å². The molecule has 1 N–H and O–H groups in total. The molecule has 0 aliphatic carbocycles. The number of rotatable bonds is 7. The smallest absolute Gasteiger partial charge is 0.295 e. The molecule has 2 heterocycles. The summed E-state index contributed by atoms with van der Waals surface area (Å²) in [5, 5.41) is 10.8. The predicted octanol–water partition coefficient (Wildman–Crippen LogP) is 2.98. The Kier molecular flexibility index (Phi) is 6.39. The minimum absolute atomic E-state index is 0.106. The van der Waals surface area contributed by atoms with Crippen molar-refractivity contribution < 1.29 is 19.1 Å². The zero-order chi connectivity index (χ0) is 21.0. The van der Waals surface area contributed by atoms with Crippen molar-refractivity contribution in [1.82, 2.24) is 14.8 Å². The van der Waals surface area contributed by atoms with Crippen LogP contribution in [0.15, 0.2) is 54.4 Å². The van der Waals surface area contributed by atoms with Crippen molar-refractivity contribution in [3.05, 3.63) is 71.3 Å². The largest absolute Gasteiger partial charge is 0.507 e. The summed E-state index contributed by atoms with van der Waals surface area (Å²) >= 11 is 0. The third-order valence-electron chi connectivity index (χ3n) is 5.25. The van der Waals surface area contributed by atoms with Gasteiger partial charge in [0.05, 0.1) is 11.6 Å². The number of aliphatic hydroxyl groups is 1. The first kappa shape index (κ1) is 20.7. The fourth-order valence-electron chi connectivity index (χ4n) is 3.59. The van der Waals surface area contributed by atoms with E-state index in [0.717, 1.165) is 13.1 Å². The standard InChI is InChI=1S/C22H24FN3O3/c1-3-25(4-2)13-14-26-19(16-7-5-6-8-17(16)23)18(21(28)22(26)29)20(27)15-9-11-24-12-10-15/h5-12,19,27H,3-4,13-14H2,1-2H3/b20-18+/t19-/m1/s1. The van der Waals surface area contributed by atoms with Crippen LogP contribution in [0.25, 0.3) is 5.76 Å². The molecule has 1 amide bonds. The van der Waals surface area contributed by atoms with Crippen LogP contribution in [0.3, 0.4) is 0 Å². The van der Waals surface area contributed by atoms with Gasteiger partial charge in [-0.05, 0) is 31.3 Å². The highest BCUT2D eigenvalue weighted by molar-refractivity contribution is 6.46. The summed E-state index contributed by atoms with van der Waals surface area (Å²) in [4.78, 5) is 33.0. The first-order valence-corrected chi connectivity index (χ1v) is 9.65. The van der Waals surface area contributed by atoms with Crippen LogP contribution in [0.2, 0.25) is 0 Å². The minimum atomic E-state index is -0.986. The van der Waals surface area contributed by atoms with Crippen LogP contribution in [0.5, 0.6) is 0 Å². The number of ketones is 1. The van der Waals surface area contributed by atoms with Gasteiger partial charge in [-0.2, -0.15) is 0 Å². The van der Waals surface area contributed by atoms with Gasteiger partial charge in [-0.15, -0.1) is 0 Å². The lowest BCUT2D eigenvalue weighted by molar-refractivity contribution is -0.140. The molecule has 1 aromatic carbocycles. The molecule has 1 atom stereocenters. The number of carbonyl (C=O) groups is 2. The van der Waals surface area contributed by atoms with Crippen molar-refractivity contribution in [2.75, 3.05) is 26.2 Å². The molecule has 0 bridgehead atoms. The van der Waals surface area contributed by atoms with E-state index in [1.807, 2.05) is 13.8 Å². The molecule has 1 saturated heterocycles. The van der Waals surface area contributed by atoms with Crippen LogP contribution in [0.1, 0.15) is 31.0 Å². The van der Waals surface area contributed by atoms with E-state index in [0.29, 0.717) is 12.1 Å². The van der Waals surface area contributed by atoms with Crippen LogP contribution >= 0.6 is 0 Å². The third-order valence-corrected chi connectivity index (χ3v) is 5.25. The predicted molar refractivity (Wildman–Crippen MR) is 107 cm³/mol. The molecule has 1 aliphatic heterocycles. The number of hydrogen-bond acceptors (Lipinski definition) is 5. The second kappa shape index (κ2) is 8.96. The monoisotopic (exact) mass is 397 g/mol. The first-order chi connectivity index (χ1) is 14.0. The van der Waals surface area contributed by atoms with Gasteiger partial charge in [0.1, 0.15) is 11.6 Å². The number of likely N-dealkylation sites (N-methyl/N-ethyl adjacent to an activating group) is 1. The topological polar surface area (TPSA) is 73.7 Å². The number of benzene rings is 1. The van der Waals surface area contributed by atoms with Crippen molar-refractivity contribution in [3.63, 3.8) is 0 Å². The Labute approximate surface area is 169 Å². The number of nitrogens with zero attached hydrogens (tertiary/aromatic N) is 3. The lowest BCUT2D eigenvalue weighted by atomic mass is 9.95. The lowest BCUT2D eigenvalue weighted by Gasteiger charge is -2.28. The lowest BCUT2D eigenvalue weighted by Crippen LogP contribution is -2.38. The number of likely N-dealkylation sites (tertiary alicyclic amines) is 1. The molecule has 0 spiro atoms. The minimum Gasteiger partial charge on any atom is -0.507 e. The fourth-order valence-corrected chi connectivity index (χ4v) is 3.59. The van der Waals surface area contributed by atoms with Crippen molar-refractivity contribution >= 4 is 17.4 Å². The number of carbonyl (C=O) groups excluding carboxylic acids is 2. The highest BCUT2D eigenvalue weighted by Gasteiger charge is 2.46. The molecule has 29 heavy (non-hydrogen) atoms. The molecule has 0 saturated carbocycles. The number of Topliss-reactive ketones (excluding diaryl/α,β-unsaturated/α-hetero) is 1. The van der Waals surface area contributed by atoms with Crippen molar-refractivity contribution in [1.29, 1.82) is 0 Å². The molecular formula is C22H24FN3O3. The Morgan fingerprint density at radius 2 is 1.79 bits per heavy atom. The van der Waals surface area contributed by atoms with Crippen LogP contribution < -0.4 is 0 Å². The number of pyridine rings is 1. The Hall–Kier alpha value is -3.06. The zero-order valence-corrected chi connectivity index (χ0v) is 16.5. The summed E-state index contributed by atoms with van der Waals surface area (Å²) in [5.41, 5.74) is 0.427. The van der Waals surface area contributed by atoms with E-state index in [1.165, 1.54) is 41.6 Å². The van der Waals surface area contributed by atoms with Gasteiger partial charge >= 0.3 is 0 Å². The summed E-state index contributed by atoms with van der Waals surface area (Å²) in [7, 11) is 0. The van der Waals surface area contributed by atoms with E-state index < -0.39 is 23.5 Å². The number of hydrogen-bond donors (Lipinski definition) is 1. The molecular weight excluding hydrogens is 373 g/mol. The van der Waals surface area contributed by atoms with Gasteiger partial charge in [0.25, 0.3) is 11.7 Å². The Morgan fingerprint density at radius 3 is 2.41 bits per heavy atom. The number of halogens is 1. The van der Waals surface area contributed by atoms with Gasteiger partial charge in [-0.25, -0.2) is 4.39 Å². The molecule has 1 fully saturated rings. The molecule has 2 aromatic rings. The van der Waals surface area contributed by atoms with Gasteiger partial charge in [-0.1, -0.05) is 32.0 Å². The van der Waals surface area contributed by atoms with E-state index in [4.69, 9.17) is 0 Å². The van der Waals surface area contributed by atoms with Crippen molar-refractivity contribution in [3.8, 4) is 0 Å². The molecule has 0 unspecified atom stereocenters. The normalized spacial score (nSPS) is 18.6. The summed E-state index contributed by atoms with van der Waals surface area (Å²) in [6, 6.07) is 8.11. The Balaban J connectivity index is 2.11. The molecule has 0 radical (unpaired) electrons. The van der Waals surface area contributed by atoms with E-state index in [-0.39, 0.29) is 23.4 Å². The molecule has 1 aliphatic rings. The van der Waals surface area contributed by atoms with E-state index in [9.17, 15) is 19.1 Å². The Bertz CT molecular complexity index is 926. The van der Waals surface area contributed by atoms with E-state index in [1.54, 1.807) is 12.1 Å². The second-order valence-corrected chi connectivity index (χ2v) is 6.78. The third kappa shape index (κ3) is 4.05. The molecule has 7 heteroatoms. The molecule has 152 valence electrons. The second-order valence-electron chi connectivity index (χ2n) is 6.78. The number of aliphatic hydroxyl groups excluding tert-OH is 1. The van der Waals surface area contributed by atoms with E-state index in [2.05, 4.69) is 9.88 Å². The van der Waals surface area contributed by atoms with Crippen LogP contribution in [-0.4, -0.2) is 57.8 Å². The van der Waals surface area contributed by atoms with Crippen LogP contribution in [0.4, 0.5) is 4.39 Å². The fraction of sp³-hybridized carbons (Fsp3) is 0.318. The van der Waals surface area contributed by atoms with Gasteiger partial charge in [0.15, 0.2) is 0 Å². The zero-order valence-electron chi connectivity index (χ0n) is 16.5. The van der Waals surface area contributed by atoms with Gasteiger partial charge < -0.3 is 14.9 Å². The van der Waals surface area contributed by atoms with Crippen molar-refractivity contribution in [2.24, 2.45) is 0 Å². The van der Waals surface area contributed by atoms with Crippen molar-refractivity contribution in [2.45, 2.75) is 19.9 Å².